The quantitative estimate of drug-likeness (QED) is 0.769. The van der Waals surface area contributed by atoms with E-state index in [0.29, 0.717) is 50.9 Å². The topological polar surface area (TPSA) is 76.2 Å². The minimum Gasteiger partial charge on any atom is -0.378 e. The highest BCUT2D eigenvalue weighted by molar-refractivity contribution is 7.90. The Balaban J connectivity index is 1.67. The number of ether oxygens (including phenoxy) is 2. The number of rotatable bonds is 3. The first-order valence-corrected chi connectivity index (χ1v) is 9.87. The van der Waals surface area contributed by atoms with Crippen molar-refractivity contribution in [3.8, 4) is 0 Å². The molecule has 132 valence electrons. The Morgan fingerprint density at radius 1 is 1.08 bits per heavy atom. The van der Waals surface area contributed by atoms with Crippen molar-refractivity contribution in [2.24, 2.45) is 0 Å². The molecule has 2 saturated heterocycles. The minimum atomic E-state index is -3.20. The highest BCUT2D eigenvalue weighted by Crippen LogP contribution is 2.21. The van der Waals surface area contributed by atoms with Gasteiger partial charge in [0.2, 0.25) is 0 Å². The molecule has 0 aliphatic carbocycles. The predicted molar refractivity (Wildman–Crippen MR) is 88.9 cm³/mol. The molecule has 1 atom stereocenters. The number of benzene rings is 1. The molecule has 1 aromatic rings. The molecule has 3 rings (SSSR count). The van der Waals surface area contributed by atoms with Gasteiger partial charge in [-0.25, -0.2) is 8.42 Å². The average molecular weight is 354 g/mol. The predicted octanol–water partition coefficient (Wildman–Crippen LogP) is 0.154. The number of sulfone groups is 1. The first-order chi connectivity index (χ1) is 11.4. The Morgan fingerprint density at radius 3 is 2.38 bits per heavy atom. The fraction of sp³-hybridized carbons (Fsp3) is 0.562. The van der Waals surface area contributed by atoms with Crippen LogP contribution in [0.1, 0.15) is 0 Å². The molecule has 1 amide bonds. The van der Waals surface area contributed by atoms with Gasteiger partial charge >= 0.3 is 0 Å². The van der Waals surface area contributed by atoms with Gasteiger partial charge in [-0.1, -0.05) is 0 Å². The van der Waals surface area contributed by atoms with Crippen molar-refractivity contribution in [2.75, 3.05) is 57.2 Å². The Hall–Kier alpha value is -1.64. The molecule has 2 heterocycles. The molecule has 2 aliphatic rings. The van der Waals surface area contributed by atoms with Crippen LogP contribution in [0.5, 0.6) is 0 Å². The molecule has 8 heteroatoms. The van der Waals surface area contributed by atoms with Gasteiger partial charge < -0.3 is 19.3 Å². The highest BCUT2D eigenvalue weighted by atomic mass is 32.2. The van der Waals surface area contributed by atoms with Gasteiger partial charge in [-0.05, 0) is 24.3 Å². The van der Waals surface area contributed by atoms with E-state index in [1.807, 2.05) is 0 Å². The van der Waals surface area contributed by atoms with Gasteiger partial charge in [-0.2, -0.15) is 0 Å². The number of hydrogen-bond acceptors (Lipinski definition) is 6. The smallest absolute Gasteiger partial charge is 0.253 e. The van der Waals surface area contributed by atoms with Crippen molar-refractivity contribution in [1.29, 1.82) is 0 Å². The zero-order valence-corrected chi connectivity index (χ0v) is 14.5. The summed E-state index contributed by atoms with van der Waals surface area (Å²) < 4.78 is 34.0. The average Bonchev–Trinajstić information content (AvgIpc) is 2.61. The molecule has 0 N–H and O–H groups in total. The van der Waals surface area contributed by atoms with Gasteiger partial charge in [0, 0.05) is 31.6 Å². The molecule has 0 saturated carbocycles. The van der Waals surface area contributed by atoms with Crippen LogP contribution < -0.4 is 4.90 Å². The summed E-state index contributed by atoms with van der Waals surface area (Å²) in [5.74, 6) is -0.00393. The van der Waals surface area contributed by atoms with Crippen LogP contribution in [-0.2, 0) is 24.1 Å². The van der Waals surface area contributed by atoms with E-state index in [1.54, 1.807) is 29.2 Å². The molecule has 2 fully saturated rings. The number of amides is 1. The lowest BCUT2D eigenvalue weighted by molar-refractivity contribution is -0.148. The number of anilines is 1. The maximum Gasteiger partial charge on any atom is 0.253 e. The normalized spacial score (nSPS) is 22.5. The molecule has 0 spiro atoms. The van der Waals surface area contributed by atoms with Gasteiger partial charge in [-0.15, -0.1) is 0 Å². The van der Waals surface area contributed by atoms with E-state index in [-0.39, 0.29) is 5.91 Å². The fourth-order valence-electron chi connectivity index (χ4n) is 2.92. The minimum absolute atomic E-state index is 0.00393. The summed E-state index contributed by atoms with van der Waals surface area (Å²) in [5, 5.41) is 0. The third kappa shape index (κ3) is 3.88. The molecule has 7 nitrogen and oxygen atoms in total. The van der Waals surface area contributed by atoms with Crippen LogP contribution in [0, 0.1) is 0 Å². The van der Waals surface area contributed by atoms with E-state index in [9.17, 15) is 13.2 Å². The molecular weight excluding hydrogens is 332 g/mol. The molecule has 1 aromatic carbocycles. The van der Waals surface area contributed by atoms with Crippen LogP contribution in [-0.4, -0.2) is 77.6 Å². The molecule has 2 aliphatic heterocycles. The maximum atomic E-state index is 12.6. The van der Waals surface area contributed by atoms with Gasteiger partial charge in [-0.3, -0.25) is 4.79 Å². The molecular formula is C16H22N2O5S. The van der Waals surface area contributed by atoms with Crippen LogP contribution >= 0.6 is 0 Å². The largest absolute Gasteiger partial charge is 0.378 e. The van der Waals surface area contributed by atoms with Crippen LogP contribution in [0.25, 0.3) is 0 Å². The van der Waals surface area contributed by atoms with Crippen LogP contribution in [0.15, 0.2) is 29.2 Å². The van der Waals surface area contributed by atoms with E-state index in [1.165, 1.54) is 6.26 Å². The lowest BCUT2D eigenvalue weighted by Crippen LogP contribution is -2.53. The van der Waals surface area contributed by atoms with E-state index < -0.39 is 15.9 Å². The number of carbonyl (C=O) groups is 1. The van der Waals surface area contributed by atoms with Crippen molar-refractivity contribution >= 4 is 21.4 Å². The van der Waals surface area contributed by atoms with E-state index >= 15 is 0 Å². The Labute approximate surface area is 142 Å². The van der Waals surface area contributed by atoms with Crippen molar-refractivity contribution in [1.82, 2.24) is 4.90 Å². The van der Waals surface area contributed by atoms with E-state index in [2.05, 4.69) is 4.90 Å². The second-order valence-corrected chi connectivity index (χ2v) is 8.02. The van der Waals surface area contributed by atoms with Crippen molar-refractivity contribution in [3.05, 3.63) is 24.3 Å². The van der Waals surface area contributed by atoms with E-state index in [4.69, 9.17) is 9.47 Å². The maximum absolute atomic E-state index is 12.6. The van der Waals surface area contributed by atoms with Crippen molar-refractivity contribution in [3.63, 3.8) is 0 Å². The third-order valence-corrected chi connectivity index (χ3v) is 5.42. The first kappa shape index (κ1) is 17.2. The van der Waals surface area contributed by atoms with Crippen LogP contribution in [0.4, 0.5) is 5.69 Å². The van der Waals surface area contributed by atoms with E-state index in [0.717, 1.165) is 5.69 Å². The van der Waals surface area contributed by atoms with Crippen LogP contribution in [0.2, 0.25) is 0 Å². The van der Waals surface area contributed by atoms with Gasteiger partial charge in [0.25, 0.3) is 5.91 Å². The molecule has 0 aromatic heterocycles. The van der Waals surface area contributed by atoms with Crippen molar-refractivity contribution < 1.29 is 22.7 Å². The number of carbonyl (C=O) groups excluding carboxylic acids is 1. The zero-order valence-electron chi connectivity index (χ0n) is 13.7. The van der Waals surface area contributed by atoms with Crippen LogP contribution in [0.3, 0.4) is 0 Å². The third-order valence-electron chi connectivity index (χ3n) is 4.29. The second-order valence-electron chi connectivity index (χ2n) is 6.01. The number of morpholine rings is 2. The Kier molecular flexibility index (Phi) is 5.07. The summed E-state index contributed by atoms with van der Waals surface area (Å²) in [4.78, 5) is 16.7. The fourth-order valence-corrected chi connectivity index (χ4v) is 3.56. The zero-order chi connectivity index (χ0) is 17.2. The first-order valence-electron chi connectivity index (χ1n) is 7.98. The summed E-state index contributed by atoms with van der Waals surface area (Å²) in [7, 11) is -3.20. The van der Waals surface area contributed by atoms with Gasteiger partial charge in [0.1, 0.15) is 0 Å². The SMILES string of the molecule is CS(=O)(=O)c1ccc(N2CCOC(C(=O)N3CCOCC3)C2)cc1. The molecule has 1 unspecified atom stereocenters. The Bertz CT molecular complexity index is 683. The van der Waals surface area contributed by atoms with Gasteiger partial charge in [0.05, 0.1) is 31.3 Å². The summed E-state index contributed by atoms with van der Waals surface area (Å²) in [6.07, 6.45) is 0.694. The molecule has 0 bridgehead atoms. The number of hydrogen-bond donors (Lipinski definition) is 0. The summed E-state index contributed by atoms with van der Waals surface area (Å²) in [6, 6.07) is 6.74. The molecule has 0 radical (unpaired) electrons. The summed E-state index contributed by atoms with van der Waals surface area (Å²) >= 11 is 0. The lowest BCUT2D eigenvalue weighted by atomic mass is 10.2. The molecule has 24 heavy (non-hydrogen) atoms. The lowest BCUT2D eigenvalue weighted by Gasteiger charge is -2.37. The second kappa shape index (κ2) is 7.08. The monoisotopic (exact) mass is 354 g/mol. The summed E-state index contributed by atoms with van der Waals surface area (Å²) in [6.45, 7) is 3.93. The number of nitrogens with zero attached hydrogens (tertiary/aromatic N) is 2. The van der Waals surface area contributed by atoms with Crippen molar-refractivity contribution in [2.45, 2.75) is 11.0 Å². The standard InChI is InChI=1S/C16H22N2O5S/c1-24(20,21)14-4-2-13(3-5-14)18-8-11-23-15(12-18)16(19)17-6-9-22-10-7-17/h2-5,15H,6-12H2,1H3. The highest BCUT2D eigenvalue weighted by Gasteiger charge is 2.31. The summed E-state index contributed by atoms with van der Waals surface area (Å²) in [5.41, 5.74) is 0.894. The Morgan fingerprint density at radius 2 is 1.75 bits per heavy atom. The van der Waals surface area contributed by atoms with Gasteiger partial charge in [0.15, 0.2) is 15.9 Å².